The number of carbonyl (C=O) groups is 1. The van der Waals surface area contributed by atoms with Gasteiger partial charge in [0.25, 0.3) is 0 Å². The standard InChI is InChI=1S/C20H23NO3/c1-23-20(22)15-18-9-5-6-14-21(18)24-19-12-10-17(11-13-19)16-7-3-2-4-8-16/h2-4,7-8,10-13,18H,5-6,9,14-15H2,1H3. The van der Waals surface area contributed by atoms with E-state index in [1.54, 1.807) is 0 Å². The molecule has 0 spiro atoms. The Kier molecular flexibility index (Phi) is 5.49. The predicted molar refractivity (Wildman–Crippen MR) is 93.5 cm³/mol. The van der Waals surface area contributed by atoms with Crippen LogP contribution in [-0.2, 0) is 9.53 Å². The van der Waals surface area contributed by atoms with Crippen molar-refractivity contribution >= 4 is 5.97 Å². The van der Waals surface area contributed by atoms with Crippen LogP contribution in [0.3, 0.4) is 0 Å². The van der Waals surface area contributed by atoms with Gasteiger partial charge in [-0.3, -0.25) is 4.79 Å². The molecule has 0 saturated carbocycles. The molecule has 1 aliphatic heterocycles. The van der Waals surface area contributed by atoms with Crippen molar-refractivity contribution in [1.29, 1.82) is 0 Å². The summed E-state index contributed by atoms with van der Waals surface area (Å²) in [5, 5.41) is 1.93. The fraction of sp³-hybridized carbons (Fsp3) is 0.350. The first-order chi connectivity index (χ1) is 11.8. The molecule has 0 radical (unpaired) electrons. The number of hydrogen-bond donors (Lipinski definition) is 0. The molecule has 1 heterocycles. The summed E-state index contributed by atoms with van der Waals surface area (Å²) in [6.07, 6.45) is 3.53. The third kappa shape index (κ3) is 4.15. The van der Waals surface area contributed by atoms with Crippen molar-refractivity contribution in [2.45, 2.75) is 31.7 Å². The van der Waals surface area contributed by atoms with Gasteiger partial charge in [0.05, 0.1) is 19.6 Å². The van der Waals surface area contributed by atoms with Crippen LogP contribution in [0, 0.1) is 0 Å². The number of carbonyl (C=O) groups excluding carboxylic acids is 1. The Labute approximate surface area is 143 Å². The molecule has 24 heavy (non-hydrogen) atoms. The summed E-state index contributed by atoms with van der Waals surface area (Å²) in [6, 6.07) is 18.4. The van der Waals surface area contributed by atoms with Gasteiger partial charge in [0.1, 0.15) is 5.75 Å². The molecule has 1 atom stereocenters. The van der Waals surface area contributed by atoms with Crippen LogP contribution in [0.4, 0.5) is 0 Å². The molecule has 4 heteroatoms. The van der Waals surface area contributed by atoms with Gasteiger partial charge in [-0.05, 0) is 36.1 Å². The molecular weight excluding hydrogens is 302 g/mol. The molecule has 4 nitrogen and oxygen atoms in total. The minimum atomic E-state index is -0.185. The van der Waals surface area contributed by atoms with Crippen LogP contribution in [0.1, 0.15) is 25.7 Å². The van der Waals surface area contributed by atoms with E-state index in [4.69, 9.17) is 9.57 Å². The molecule has 0 N–H and O–H groups in total. The number of piperidine rings is 1. The minimum absolute atomic E-state index is 0.0833. The first kappa shape index (κ1) is 16.5. The van der Waals surface area contributed by atoms with Crippen LogP contribution in [0.25, 0.3) is 11.1 Å². The highest BCUT2D eigenvalue weighted by molar-refractivity contribution is 5.69. The van der Waals surface area contributed by atoms with Gasteiger partial charge in [-0.15, -0.1) is 5.06 Å². The van der Waals surface area contributed by atoms with Gasteiger partial charge in [-0.25, -0.2) is 0 Å². The van der Waals surface area contributed by atoms with Gasteiger partial charge in [-0.2, -0.15) is 0 Å². The number of hydrogen-bond acceptors (Lipinski definition) is 4. The summed E-state index contributed by atoms with van der Waals surface area (Å²) in [7, 11) is 1.43. The normalized spacial score (nSPS) is 18.1. The molecule has 0 amide bonds. The Morgan fingerprint density at radius 3 is 2.46 bits per heavy atom. The monoisotopic (exact) mass is 325 g/mol. The highest BCUT2D eigenvalue weighted by Crippen LogP contribution is 2.25. The van der Waals surface area contributed by atoms with Crippen LogP contribution >= 0.6 is 0 Å². The zero-order chi connectivity index (χ0) is 16.8. The average Bonchev–Trinajstić information content (AvgIpc) is 2.64. The van der Waals surface area contributed by atoms with E-state index in [9.17, 15) is 4.79 Å². The fourth-order valence-electron chi connectivity index (χ4n) is 3.05. The smallest absolute Gasteiger partial charge is 0.307 e. The first-order valence-corrected chi connectivity index (χ1v) is 8.43. The summed E-state index contributed by atoms with van der Waals surface area (Å²) >= 11 is 0. The lowest BCUT2D eigenvalue weighted by atomic mass is 10.0. The number of rotatable bonds is 5. The average molecular weight is 325 g/mol. The van der Waals surface area contributed by atoms with Crippen molar-refractivity contribution in [2.24, 2.45) is 0 Å². The van der Waals surface area contributed by atoms with E-state index < -0.39 is 0 Å². The van der Waals surface area contributed by atoms with E-state index in [0.717, 1.165) is 37.1 Å². The molecular formula is C20H23NO3. The zero-order valence-corrected chi connectivity index (χ0v) is 14.0. The predicted octanol–water partition coefficient (Wildman–Crippen LogP) is 4.07. The fourth-order valence-corrected chi connectivity index (χ4v) is 3.05. The largest absolute Gasteiger partial charge is 0.469 e. The van der Waals surface area contributed by atoms with E-state index in [-0.39, 0.29) is 12.0 Å². The molecule has 1 aliphatic rings. The zero-order valence-electron chi connectivity index (χ0n) is 14.0. The Bertz CT molecular complexity index is 654. The second-order valence-electron chi connectivity index (χ2n) is 6.05. The first-order valence-electron chi connectivity index (χ1n) is 8.43. The Morgan fingerprint density at radius 2 is 1.75 bits per heavy atom. The highest BCUT2D eigenvalue weighted by atomic mass is 16.7. The highest BCUT2D eigenvalue weighted by Gasteiger charge is 2.26. The van der Waals surface area contributed by atoms with Gasteiger partial charge in [0.2, 0.25) is 0 Å². The van der Waals surface area contributed by atoms with Crippen LogP contribution in [0.15, 0.2) is 54.6 Å². The summed E-state index contributed by atoms with van der Waals surface area (Å²) in [4.78, 5) is 17.6. The van der Waals surface area contributed by atoms with Crippen molar-refractivity contribution in [1.82, 2.24) is 5.06 Å². The van der Waals surface area contributed by atoms with E-state index in [1.165, 1.54) is 12.7 Å². The van der Waals surface area contributed by atoms with E-state index in [0.29, 0.717) is 6.42 Å². The lowest BCUT2D eigenvalue weighted by molar-refractivity contribution is -0.151. The SMILES string of the molecule is COC(=O)CC1CCCCN1Oc1ccc(-c2ccccc2)cc1. The van der Waals surface area contributed by atoms with Crippen LogP contribution in [0.5, 0.6) is 5.75 Å². The maximum absolute atomic E-state index is 11.6. The Hall–Kier alpha value is -2.33. The van der Waals surface area contributed by atoms with Crippen molar-refractivity contribution < 1.29 is 14.4 Å². The molecule has 0 bridgehead atoms. The topological polar surface area (TPSA) is 38.8 Å². The number of benzene rings is 2. The molecule has 2 aromatic carbocycles. The van der Waals surface area contributed by atoms with Crippen molar-refractivity contribution in [3.05, 3.63) is 54.6 Å². The van der Waals surface area contributed by atoms with E-state index in [2.05, 4.69) is 24.3 Å². The maximum Gasteiger partial charge on any atom is 0.307 e. The molecule has 1 unspecified atom stereocenters. The van der Waals surface area contributed by atoms with E-state index >= 15 is 0 Å². The maximum atomic E-state index is 11.6. The van der Waals surface area contributed by atoms with E-state index in [1.807, 2.05) is 35.4 Å². The second kappa shape index (κ2) is 7.97. The number of esters is 1. The van der Waals surface area contributed by atoms with Crippen LogP contribution in [-0.4, -0.2) is 30.7 Å². The van der Waals surface area contributed by atoms with Crippen LogP contribution in [0.2, 0.25) is 0 Å². The van der Waals surface area contributed by atoms with Gasteiger partial charge in [0, 0.05) is 6.54 Å². The molecule has 126 valence electrons. The number of methoxy groups -OCH3 is 1. The third-order valence-electron chi connectivity index (χ3n) is 4.39. The third-order valence-corrected chi connectivity index (χ3v) is 4.39. The van der Waals surface area contributed by atoms with Gasteiger partial charge in [-0.1, -0.05) is 48.9 Å². The second-order valence-corrected chi connectivity index (χ2v) is 6.05. The summed E-state index contributed by atoms with van der Waals surface area (Å²) in [5.74, 6) is 0.612. The molecule has 0 aliphatic carbocycles. The van der Waals surface area contributed by atoms with Gasteiger partial charge < -0.3 is 9.57 Å². The lowest BCUT2D eigenvalue weighted by Gasteiger charge is -2.34. The van der Waals surface area contributed by atoms with Crippen molar-refractivity contribution in [3.63, 3.8) is 0 Å². The molecule has 2 aromatic rings. The lowest BCUT2D eigenvalue weighted by Crippen LogP contribution is -2.43. The van der Waals surface area contributed by atoms with Crippen molar-refractivity contribution in [2.75, 3.05) is 13.7 Å². The Balaban J connectivity index is 1.67. The van der Waals surface area contributed by atoms with Crippen molar-refractivity contribution in [3.8, 4) is 16.9 Å². The Morgan fingerprint density at radius 1 is 1.04 bits per heavy atom. The summed E-state index contributed by atoms with van der Waals surface area (Å²) in [6.45, 7) is 0.835. The van der Waals surface area contributed by atoms with Crippen LogP contribution < -0.4 is 4.84 Å². The quantitative estimate of drug-likeness (QED) is 0.777. The minimum Gasteiger partial charge on any atom is -0.469 e. The number of hydroxylamine groups is 2. The number of ether oxygens (including phenoxy) is 1. The molecule has 1 fully saturated rings. The van der Waals surface area contributed by atoms with Gasteiger partial charge >= 0.3 is 5.97 Å². The summed E-state index contributed by atoms with van der Waals surface area (Å²) in [5.41, 5.74) is 2.35. The molecule has 0 aromatic heterocycles. The molecule has 3 rings (SSSR count). The molecule has 1 saturated heterocycles. The summed E-state index contributed by atoms with van der Waals surface area (Å²) < 4.78 is 4.80. The van der Waals surface area contributed by atoms with Gasteiger partial charge in [0.15, 0.2) is 0 Å². The number of nitrogens with zero attached hydrogens (tertiary/aromatic N) is 1.